The van der Waals surface area contributed by atoms with Gasteiger partial charge in [0, 0.05) is 13.1 Å². The van der Waals surface area contributed by atoms with Crippen molar-refractivity contribution >= 4 is 29.0 Å². The first-order valence-corrected chi connectivity index (χ1v) is 8.01. The molecule has 140 valence electrons. The maximum atomic E-state index is 13.7. The fourth-order valence-corrected chi connectivity index (χ4v) is 2.71. The van der Waals surface area contributed by atoms with Crippen LogP contribution >= 0.6 is 11.6 Å². The van der Waals surface area contributed by atoms with E-state index in [0.29, 0.717) is 28.0 Å². The first-order chi connectivity index (χ1) is 12.9. The van der Waals surface area contributed by atoms with Crippen molar-refractivity contribution in [3.63, 3.8) is 0 Å². The van der Waals surface area contributed by atoms with E-state index in [9.17, 15) is 13.6 Å². The number of pyridine rings is 1. The topological polar surface area (TPSA) is 81.1 Å². The number of anilines is 2. The average Bonchev–Trinajstić information content (AvgIpc) is 2.96. The summed E-state index contributed by atoms with van der Waals surface area (Å²) in [5.74, 6) is -1.34. The number of hydrogen-bond acceptors (Lipinski definition) is 4. The van der Waals surface area contributed by atoms with Crippen LogP contribution in [0.25, 0.3) is 11.3 Å². The van der Waals surface area contributed by atoms with Gasteiger partial charge in [0.25, 0.3) is 0 Å². The molecule has 27 heavy (non-hydrogen) atoms. The molecule has 0 atom stereocenters. The van der Waals surface area contributed by atoms with E-state index in [-0.39, 0.29) is 11.6 Å². The number of ether oxygens (including phenoxy) is 1. The summed E-state index contributed by atoms with van der Waals surface area (Å²) in [6.45, 7) is 0. The minimum Gasteiger partial charge on any atom is -0.481 e. The number of urea groups is 1. The van der Waals surface area contributed by atoms with Crippen LogP contribution in [-0.2, 0) is 7.05 Å². The summed E-state index contributed by atoms with van der Waals surface area (Å²) in [7, 11) is 3.15. The molecule has 0 aliphatic heterocycles. The first-order valence-electron chi connectivity index (χ1n) is 7.64. The van der Waals surface area contributed by atoms with Gasteiger partial charge in [0.1, 0.15) is 11.6 Å². The number of amides is 2. The molecule has 2 N–H and O–H groups in total. The first kappa shape index (κ1) is 18.6. The summed E-state index contributed by atoms with van der Waals surface area (Å²) in [5.41, 5.74) is 1.20. The van der Waals surface area contributed by atoms with E-state index in [0.717, 1.165) is 12.1 Å². The fourth-order valence-electron chi connectivity index (χ4n) is 2.44. The van der Waals surface area contributed by atoms with Crippen LogP contribution in [0, 0.1) is 11.6 Å². The Morgan fingerprint density at radius 3 is 2.63 bits per heavy atom. The molecule has 2 aromatic heterocycles. The van der Waals surface area contributed by atoms with E-state index in [4.69, 9.17) is 16.3 Å². The number of halogens is 3. The number of carbonyl (C=O) groups excluding carboxylic acids is 1. The molecule has 2 heterocycles. The smallest absolute Gasteiger partial charge is 0.323 e. The van der Waals surface area contributed by atoms with Crippen LogP contribution in [0.15, 0.2) is 36.7 Å². The lowest BCUT2D eigenvalue weighted by Crippen LogP contribution is -2.20. The third-order valence-corrected chi connectivity index (χ3v) is 3.91. The summed E-state index contributed by atoms with van der Waals surface area (Å²) in [6, 6.07) is 3.70. The molecule has 0 aliphatic carbocycles. The number of nitrogens with zero attached hydrogens (tertiary/aromatic N) is 3. The molecule has 0 saturated carbocycles. The van der Waals surface area contributed by atoms with Crippen molar-refractivity contribution in [2.24, 2.45) is 7.05 Å². The van der Waals surface area contributed by atoms with Gasteiger partial charge in [0.05, 0.1) is 47.2 Å². The molecule has 0 fully saturated rings. The van der Waals surface area contributed by atoms with Crippen LogP contribution < -0.4 is 15.4 Å². The molecule has 2 amide bonds. The predicted octanol–water partition coefficient (Wildman–Crippen LogP) is 4.07. The Balaban J connectivity index is 1.85. The minimum atomic E-state index is -0.889. The summed E-state index contributed by atoms with van der Waals surface area (Å²) in [4.78, 5) is 16.3. The van der Waals surface area contributed by atoms with Gasteiger partial charge in [-0.3, -0.25) is 4.68 Å². The minimum absolute atomic E-state index is 0.162. The lowest BCUT2D eigenvalue weighted by molar-refractivity contribution is 0.262. The molecule has 1 aromatic carbocycles. The highest BCUT2D eigenvalue weighted by atomic mass is 35.5. The SMILES string of the molecule is COc1ncc(NC(=O)Nc2ccc(F)cc2F)cc1-c1c(Cl)cnn1C. The van der Waals surface area contributed by atoms with Crippen molar-refractivity contribution in [1.82, 2.24) is 14.8 Å². The van der Waals surface area contributed by atoms with Crippen molar-refractivity contribution in [3.8, 4) is 17.1 Å². The van der Waals surface area contributed by atoms with E-state index in [1.54, 1.807) is 17.8 Å². The molecule has 7 nitrogen and oxygen atoms in total. The molecule has 10 heteroatoms. The normalized spacial score (nSPS) is 10.6. The van der Waals surface area contributed by atoms with Crippen molar-refractivity contribution in [1.29, 1.82) is 0 Å². The van der Waals surface area contributed by atoms with E-state index in [2.05, 4.69) is 20.7 Å². The van der Waals surface area contributed by atoms with Gasteiger partial charge in [0.2, 0.25) is 5.88 Å². The van der Waals surface area contributed by atoms with Crippen molar-refractivity contribution in [2.45, 2.75) is 0 Å². The Hall–Kier alpha value is -3.20. The largest absolute Gasteiger partial charge is 0.481 e. The average molecular weight is 394 g/mol. The van der Waals surface area contributed by atoms with E-state index < -0.39 is 17.7 Å². The third-order valence-electron chi connectivity index (χ3n) is 3.63. The molecular weight excluding hydrogens is 380 g/mol. The van der Waals surface area contributed by atoms with Crippen molar-refractivity contribution in [2.75, 3.05) is 17.7 Å². The van der Waals surface area contributed by atoms with Crippen LogP contribution in [0.1, 0.15) is 0 Å². The summed E-state index contributed by atoms with van der Waals surface area (Å²) in [5, 5.41) is 9.26. The van der Waals surface area contributed by atoms with Crippen LogP contribution in [0.4, 0.5) is 25.0 Å². The van der Waals surface area contributed by atoms with Gasteiger partial charge in [-0.25, -0.2) is 18.6 Å². The highest BCUT2D eigenvalue weighted by Gasteiger charge is 2.17. The molecular formula is C17H14ClF2N5O2. The molecule has 3 rings (SSSR count). The van der Waals surface area contributed by atoms with E-state index in [1.807, 2.05) is 0 Å². The number of carbonyl (C=O) groups is 1. The number of aryl methyl sites for hydroxylation is 1. The maximum absolute atomic E-state index is 13.7. The van der Waals surface area contributed by atoms with Crippen molar-refractivity contribution in [3.05, 3.63) is 53.3 Å². The molecule has 0 spiro atoms. The van der Waals surface area contributed by atoms with Crippen LogP contribution in [0.2, 0.25) is 5.02 Å². The van der Waals surface area contributed by atoms with Gasteiger partial charge in [-0.05, 0) is 18.2 Å². The number of benzene rings is 1. The molecule has 3 aromatic rings. The zero-order valence-electron chi connectivity index (χ0n) is 14.3. The predicted molar refractivity (Wildman–Crippen MR) is 97.0 cm³/mol. The lowest BCUT2D eigenvalue weighted by atomic mass is 10.2. The Morgan fingerprint density at radius 1 is 1.22 bits per heavy atom. The molecule has 0 aliphatic rings. The monoisotopic (exact) mass is 393 g/mol. The van der Waals surface area contributed by atoms with E-state index >= 15 is 0 Å². The Kier molecular flexibility index (Phi) is 5.22. The molecule has 0 unspecified atom stereocenters. The van der Waals surface area contributed by atoms with Gasteiger partial charge in [-0.15, -0.1) is 0 Å². The van der Waals surface area contributed by atoms with Crippen LogP contribution in [0.3, 0.4) is 0 Å². The summed E-state index contributed by atoms with van der Waals surface area (Å²) >= 11 is 6.17. The Morgan fingerprint density at radius 2 is 2.00 bits per heavy atom. The number of rotatable bonds is 4. The second-order valence-electron chi connectivity index (χ2n) is 5.45. The molecule has 0 bridgehead atoms. The van der Waals surface area contributed by atoms with Crippen LogP contribution in [-0.4, -0.2) is 27.9 Å². The second-order valence-corrected chi connectivity index (χ2v) is 5.86. The van der Waals surface area contributed by atoms with Gasteiger partial charge >= 0.3 is 6.03 Å². The van der Waals surface area contributed by atoms with Crippen LogP contribution in [0.5, 0.6) is 5.88 Å². The van der Waals surface area contributed by atoms with Gasteiger partial charge in [-0.1, -0.05) is 11.6 Å². The number of hydrogen-bond donors (Lipinski definition) is 2. The zero-order valence-corrected chi connectivity index (χ0v) is 15.0. The fraction of sp³-hybridized carbons (Fsp3) is 0.118. The third kappa shape index (κ3) is 3.98. The maximum Gasteiger partial charge on any atom is 0.323 e. The summed E-state index contributed by atoms with van der Waals surface area (Å²) < 4.78 is 33.4. The highest BCUT2D eigenvalue weighted by molar-refractivity contribution is 6.33. The molecule has 0 saturated heterocycles. The Bertz CT molecular complexity index is 989. The number of aromatic nitrogens is 3. The van der Waals surface area contributed by atoms with Gasteiger partial charge in [-0.2, -0.15) is 5.10 Å². The lowest BCUT2D eigenvalue weighted by Gasteiger charge is -2.12. The highest BCUT2D eigenvalue weighted by Crippen LogP contribution is 2.34. The standard InChI is InChI=1S/C17H14ClF2N5O2/c1-25-15(12(18)8-22-25)11-6-10(7-21-16(11)27-2)23-17(26)24-14-4-3-9(19)5-13(14)20/h3-8H,1-2H3,(H2,23,24,26). The quantitative estimate of drug-likeness (QED) is 0.700. The van der Waals surface area contributed by atoms with Crippen molar-refractivity contribution < 1.29 is 18.3 Å². The van der Waals surface area contributed by atoms with Gasteiger partial charge < -0.3 is 15.4 Å². The Labute approximate surface area is 157 Å². The van der Waals surface area contributed by atoms with Gasteiger partial charge in [0.15, 0.2) is 0 Å². The summed E-state index contributed by atoms with van der Waals surface area (Å²) in [6.07, 6.45) is 2.84. The second kappa shape index (κ2) is 7.58. The number of nitrogens with one attached hydrogen (secondary N) is 2. The number of methoxy groups -OCH3 is 1. The molecule has 0 radical (unpaired) electrons. The van der Waals surface area contributed by atoms with E-state index in [1.165, 1.54) is 19.5 Å². The zero-order chi connectivity index (χ0) is 19.6.